The molecule has 0 amide bonds. The normalized spacial score (nSPS) is 10.3. The fourth-order valence-electron chi connectivity index (χ4n) is 1.63. The molecule has 2 rings (SSSR count). The largest absolute Gasteiger partial charge is 0.353 e. The Hall–Kier alpha value is -2.50. The van der Waals surface area contributed by atoms with Gasteiger partial charge in [0.2, 0.25) is 0 Å². The number of anilines is 2. The third kappa shape index (κ3) is 3.04. The molecule has 0 aromatic heterocycles. The van der Waals surface area contributed by atoms with E-state index in [1.807, 2.05) is 0 Å². The van der Waals surface area contributed by atoms with Gasteiger partial charge < -0.3 is 5.32 Å². The summed E-state index contributed by atoms with van der Waals surface area (Å²) in [5.74, 6) is -1.27. The minimum Gasteiger partial charge on any atom is -0.353 e. The summed E-state index contributed by atoms with van der Waals surface area (Å²) in [6.45, 7) is 1.74. The summed E-state index contributed by atoms with van der Waals surface area (Å²) in [4.78, 5) is 9.90. The molecule has 0 spiro atoms. The van der Waals surface area contributed by atoms with Crippen molar-refractivity contribution in [2.75, 3.05) is 5.32 Å². The molecule has 4 nitrogen and oxygen atoms in total. The molecule has 2 aromatic carbocycles. The molecule has 0 unspecified atom stereocenters. The van der Waals surface area contributed by atoms with Crippen LogP contribution in [0.5, 0.6) is 0 Å². The van der Waals surface area contributed by atoms with E-state index in [4.69, 9.17) is 0 Å². The highest BCUT2D eigenvalue weighted by Crippen LogP contribution is 2.25. The van der Waals surface area contributed by atoms with Gasteiger partial charge in [-0.15, -0.1) is 0 Å². The Morgan fingerprint density at radius 1 is 1.16 bits per heavy atom. The first-order valence-electron chi connectivity index (χ1n) is 5.44. The van der Waals surface area contributed by atoms with Crippen LogP contribution in [0.4, 0.5) is 25.8 Å². The van der Waals surface area contributed by atoms with Gasteiger partial charge in [0.1, 0.15) is 11.6 Å². The summed E-state index contributed by atoms with van der Waals surface area (Å²) in [5, 5.41) is 13.2. The van der Waals surface area contributed by atoms with Crippen LogP contribution >= 0.6 is 0 Å². The molecule has 19 heavy (non-hydrogen) atoms. The zero-order chi connectivity index (χ0) is 14.0. The summed E-state index contributed by atoms with van der Waals surface area (Å²) >= 11 is 0. The Kier molecular flexibility index (Phi) is 3.41. The van der Waals surface area contributed by atoms with E-state index in [2.05, 4.69) is 5.32 Å². The van der Waals surface area contributed by atoms with Crippen molar-refractivity contribution in [1.29, 1.82) is 0 Å². The van der Waals surface area contributed by atoms with Crippen molar-refractivity contribution in [2.45, 2.75) is 6.92 Å². The molecule has 6 heteroatoms. The maximum atomic E-state index is 13.6. The fraction of sp³-hybridized carbons (Fsp3) is 0.0769. The number of rotatable bonds is 3. The van der Waals surface area contributed by atoms with Crippen molar-refractivity contribution in [3.05, 3.63) is 63.7 Å². The van der Waals surface area contributed by atoms with Gasteiger partial charge in [0.15, 0.2) is 0 Å². The Labute approximate surface area is 107 Å². The maximum Gasteiger partial charge on any atom is 0.274 e. The first-order chi connectivity index (χ1) is 8.95. The number of nitrogens with zero attached hydrogens (tertiary/aromatic N) is 1. The van der Waals surface area contributed by atoms with Gasteiger partial charge in [0.05, 0.1) is 16.7 Å². The molecular weight excluding hydrogens is 254 g/mol. The standard InChI is InChI=1S/C13H10F2N2O2/c1-8-2-3-13(12(15)4-8)16-10-5-9(14)6-11(7-10)17(18)19/h2-7,16H,1H3. The zero-order valence-corrected chi connectivity index (χ0v) is 9.98. The van der Waals surface area contributed by atoms with E-state index in [0.29, 0.717) is 0 Å². The average Bonchev–Trinajstić information content (AvgIpc) is 2.32. The number of halogens is 2. The highest BCUT2D eigenvalue weighted by Gasteiger charge is 2.11. The Morgan fingerprint density at radius 3 is 2.53 bits per heavy atom. The van der Waals surface area contributed by atoms with Crippen LogP contribution in [-0.2, 0) is 0 Å². The second-order valence-electron chi connectivity index (χ2n) is 4.06. The van der Waals surface area contributed by atoms with E-state index in [-0.39, 0.29) is 11.4 Å². The summed E-state index contributed by atoms with van der Waals surface area (Å²) in [6.07, 6.45) is 0. The van der Waals surface area contributed by atoms with E-state index < -0.39 is 22.2 Å². The van der Waals surface area contributed by atoms with Gasteiger partial charge in [0, 0.05) is 11.8 Å². The SMILES string of the molecule is Cc1ccc(Nc2cc(F)cc([N+](=O)[O-])c2)c(F)c1. The van der Waals surface area contributed by atoms with E-state index in [9.17, 15) is 18.9 Å². The Bertz CT molecular complexity index is 645. The molecule has 0 aliphatic rings. The molecule has 0 aliphatic carbocycles. The molecule has 0 radical (unpaired) electrons. The van der Waals surface area contributed by atoms with Crippen LogP contribution in [0, 0.1) is 28.7 Å². The van der Waals surface area contributed by atoms with Crippen LogP contribution in [0.2, 0.25) is 0 Å². The van der Waals surface area contributed by atoms with Gasteiger partial charge in [-0.25, -0.2) is 8.78 Å². The molecule has 0 bridgehead atoms. The summed E-state index contributed by atoms with van der Waals surface area (Å²) in [7, 11) is 0. The van der Waals surface area contributed by atoms with Crippen LogP contribution in [0.25, 0.3) is 0 Å². The Morgan fingerprint density at radius 2 is 1.89 bits per heavy atom. The van der Waals surface area contributed by atoms with Crippen LogP contribution in [0.1, 0.15) is 5.56 Å². The molecular formula is C13H10F2N2O2. The van der Waals surface area contributed by atoms with Crippen LogP contribution in [0.15, 0.2) is 36.4 Å². The van der Waals surface area contributed by atoms with E-state index in [0.717, 1.165) is 23.8 Å². The lowest BCUT2D eigenvalue weighted by Gasteiger charge is -2.08. The van der Waals surface area contributed by atoms with Crippen molar-refractivity contribution in [2.24, 2.45) is 0 Å². The van der Waals surface area contributed by atoms with E-state index in [1.54, 1.807) is 13.0 Å². The lowest BCUT2D eigenvalue weighted by atomic mass is 10.2. The predicted octanol–water partition coefficient (Wildman–Crippen LogP) is 3.93. The van der Waals surface area contributed by atoms with Crippen molar-refractivity contribution < 1.29 is 13.7 Å². The van der Waals surface area contributed by atoms with E-state index >= 15 is 0 Å². The minimum atomic E-state index is -0.760. The van der Waals surface area contributed by atoms with Crippen molar-refractivity contribution in [3.63, 3.8) is 0 Å². The molecule has 0 saturated carbocycles. The fourth-order valence-corrected chi connectivity index (χ4v) is 1.63. The molecule has 0 saturated heterocycles. The van der Waals surface area contributed by atoms with Crippen molar-refractivity contribution in [3.8, 4) is 0 Å². The van der Waals surface area contributed by atoms with E-state index in [1.165, 1.54) is 12.1 Å². The third-order valence-corrected chi connectivity index (χ3v) is 2.50. The number of nitrogens with one attached hydrogen (secondary N) is 1. The molecule has 0 fully saturated rings. The monoisotopic (exact) mass is 264 g/mol. The number of benzene rings is 2. The first kappa shape index (κ1) is 12.9. The van der Waals surface area contributed by atoms with Crippen LogP contribution in [-0.4, -0.2) is 4.92 Å². The van der Waals surface area contributed by atoms with Gasteiger partial charge >= 0.3 is 0 Å². The summed E-state index contributed by atoms with van der Waals surface area (Å²) in [5.41, 5.74) is 0.600. The van der Waals surface area contributed by atoms with Gasteiger partial charge in [-0.2, -0.15) is 0 Å². The number of nitro benzene ring substituents is 1. The quantitative estimate of drug-likeness (QED) is 0.675. The smallest absolute Gasteiger partial charge is 0.274 e. The second-order valence-corrected chi connectivity index (χ2v) is 4.06. The third-order valence-electron chi connectivity index (χ3n) is 2.50. The molecule has 0 aliphatic heterocycles. The molecule has 0 heterocycles. The lowest BCUT2D eigenvalue weighted by molar-refractivity contribution is -0.385. The summed E-state index contributed by atoms with van der Waals surface area (Å²) < 4.78 is 26.8. The number of hydrogen-bond acceptors (Lipinski definition) is 3. The molecule has 0 atom stereocenters. The van der Waals surface area contributed by atoms with Gasteiger partial charge in [-0.3, -0.25) is 10.1 Å². The maximum absolute atomic E-state index is 13.6. The summed E-state index contributed by atoms with van der Waals surface area (Å²) in [6, 6.07) is 7.49. The molecule has 2 aromatic rings. The zero-order valence-electron chi connectivity index (χ0n) is 9.98. The number of non-ortho nitro benzene ring substituents is 1. The number of nitro groups is 1. The van der Waals surface area contributed by atoms with Crippen molar-refractivity contribution in [1.82, 2.24) is 0 Å². The van der Waals surface area contributed by atoms with Crippen molar-refractivity contribution >= 4 is 17.1 Å². The first-order valence-corrected chi connectivity index (χ1v) is 5.44. The van der Waals surface area contributed by atoms with Gasteiger partial charge in [-0.05, 0) is 30.7 Å². The lowest BCUT2D eigenvalue weighted by Crippen LogP contribution is -1.97. The van der Waals surface area contributed by atoms with Gasteiger partial charge in [-0.1, -0.05) is 6.07 Å². The average molecular weight is 264 g/mol. The number of hydrogen-bond donors (Lipinski definition) is 1. The highest BCUT2D eigenvalue weighted by atomic mass is 19.1. The predicted molar refractivity (Wildman–Crippen MR) is 67.5 cm³/mol. The van der Waals surface area contributed by atoms with Crippen LogP contribution < -0.4 is 5.32 Å². The highest BCUT2D eigenvalue weighted by molar-refractivity contribution is 5.63. The minimum absolute atomic E-state index is 0.120. The topological polar surface area (TPSA) is 55.2 Å². The Balaban J connectivity index is 2.35. The molecule has 1 N–H and O–H groups in total. The number of aryl methyl sites for hydroxylation is 1. The second kappa shape index (κ2) is 5.01. The van der Waals surface area contributed by atoms with Gasteiger partial charge in [0.25, 0.3) is 5.69 Å². The molecule has 98 valence electrons. The van der Waals surface area contributed by atoms with Crippen LogP contribution in [0.3, 0.4) is 0 Å².